The van der Waals surface area contributed by atoms with E-state index in [0.717, 1.165) is 16.0 Å². The molecule has 3 aliphatic rings. The lowest BCUT2D eigenvalue weighted by Gasteiger charge is -2.35. The number of ether oxygens (including phenoxy) is 2. The second kappa shape index (κ2) is 9.13. The predicted octanol–water partition coefficient (Wildman–Crippen LogP) is 3.20. The predicted molar refractivity (Wildman–Crippen MR) is 142 cm³/mol. The Labute approximate surface area is 224 Å². The molecule has 3 heterocycles. The van der Waals surface area contributed by atoms with Gasteiger partial charge in [-0.05, 0) is 59.7 Å². The van der Waals surface area contributed by atoms with Gasteiger partial charge in [0.2, 0.25) is 17.7 Å². The third-order valence-corrected chi connectivity index (χ3v) is 7.81. The van der Waals surface area contributed by atoms with E-state index in [-0.39, 0.29) is 17.3 Å². The Morgan fingerprint density at radius 2 is 1.49 bits per heavy atom. The number of methoxy groups -OCH3 is 2. The highest BCUT2D eigenvalue weighted by Gasteiger charge is 2.64. The van der Waals surface area contributed by atoms with Crippen LogP contribution in [-0.2, 0) is 9.59 Å². The fourth-order valence-corrected chi connectivity index (χ4v) is 6.05. The first-order valence-electron chi connectivity index (χ1n) is 12.4. The number of nitrogens with two attached hydrogens (primary N) is 1. The maximum Gasteiger partial charge on any atom is 0.248 e. The van der Waals surface area contributed by atoms with E-state index in [1.165, 1.54) is 38.5 Å². The van der Waals surface area contributed by atoms with E-state index in [9.17, 15) is 19.2 Å². The van der Waals surface area contributed by atoms with Gasteiger partial charge in [-0.15, -0.1) is 0 Å². The van der Waals surface area contributed by atoms with E-state index in [1.807, 2.05) is 35.2 Å². The number of benzene rings is 3. The summed E-state index contributed by atoms with van der Waals surface area (Å²) in [6.45, 7) is 0. The van der Waals surface area contributed by atoms with Crippen molar-refractivity contribution in [3.8, 4) is 11.5 Å². The second-order valence-electron chi connectivity index (χ2n) is 9.69. The smallest absolute Gasteiger partial charge is 0.248 e. The number of nitrogens with zero attached hydrogens (tertiary/aromatic N) is 2. The van der Waals surface area contributed by atoms with Gasteiger partial charge in [0.15, 0.2) is 17.3 Å². The van der Waals surface area contributed by atoms with Gasteiger partial charge in [0, 0.05) is 17.3 Å². The Balaban J connectivity index is 1.46. The van der Waals surface area contributed by atoms with Gasteiger partial charge < -0.3 is 20.1 Å². The molecule has 6 rings (SSSR count). The van der Waals surface area contributed by atoms with E-state index in [0.29, 0.717) is 22.7 Å². The van der Waals surface area contributed by atoms with Crippen LogP contribution in [-0.4, -0.2) is 48.7 Å². The molecule has 9 heteroatoms. The van der Waals surface area contributed by atoms with Crippen molar-refractivity contribution in [2.24, 2.45) is 17.6 Å². The van der Waals surface area contributed by atoms with Crippen LogP contribution in [0.4, 0.5) is 5.69 Å². The van der Waals surface area contributed by atoms with E-state index < -0.39 is 35.7 Å². The number of Topliss-reactive ketones (excluding diaryl/α,β-unsaturated/α-hetero) is 1. The van der Waals surface area contributed by atoms with Crippen molar-refractivity contribution in [1.29, 1.82) is 0 Å². The minimum Gasteiger partial charge on any atom is -0.493 e. The number of fused-ring (bicyclic) bond motifs is 5. The van der Waals surface area contributed by atoms with Crippen LogP contribution in [0.25, 0.3) is 6.08 Å². The Bertz CT molecular complexity index is 1560. The van der Waals surface area contributed by atoms with Gasteiger partial charge in [0.1, 0.15) is 6.04 Å². The summed E-state index contributed by atoms with van der Waals surface area (Å²) >= 11 is 0. The molecular formula is C30H25N3O6. The Morgan fingerprint density at radius 3 is 2.18 bits per heavy atom. The maximum atomic E-state index is 14.1. The van der Waals surface area contributed by atoms with Crippen LogP contribution < -0.4 is 20.1 Å². The van der Waals surface area contributed by atoms with Crippen molar-refractivity contribution < 1.29 is 28.7 Å². The number of ketones is 1. The molecule has 3 aromatic rings. The molecule has 0 aromatic heterocycles. The standard InChI is InChI=1S/C30H25N3O6/c1-38-21-12-9-18(15-22(21)39-2)27(34)26-24-23(25-20-6-4-3-5-16(20)13-14-32(25)26)29(36)33(30(24)37)19-10-7-17(8-11-19)28(31)35/h3-15,23-26H,1-2H3,(H2,31,35)/t23-,24+,25+,26-/m0/s1. The molecule has 0 saturated carbocycles. The van der Waals surface area contributed by atoms with Crippen LogP contribution in [0.3, 0.4) is 0 Å². The molecule has 2 fully saturated rings. The Hall–Kier alpha value is -4.92. The minimum atomic E-state index is -0.922. The minimum absolute atomic E-state index is 0.261. The first-order chi connectivity index (χ1) is 18.8. The molecule has 0 radical (unpaired) electrons. The number of carbonyl (C=O) groups is 4. The van der Waals surface area contributed by atoms with E-state index in [1.54, 1.807) is 24.4 Å². The molecule has 3 aromatic carbocycles. The molecule has 3 amide bonds. The zero-order chi connectivity index (χ0) is 27.4. The molecular weight excluding hydrogens is 498 g/mol. The van der Waals surface area contributed by atoms with Crippen molar-refractivity contribution >= 4 is 35.3 Å². The van der Waals surface area contributed by atoms with Crippen molar-refractivity contribution in [3.05, 3.63) is 95.2 Å². The summed E-state index contributed by atoms with van der Waals surface area (Å²) in [5.74, 6) is -2.61. The van der Waals surface area contributed by atoms with Gasteiger partial charge in [-0.2, -0.15) is 0 Å². The highest BCUT2D eigenvalue weighted by atomic mass is 16.5. The van der Waals surface area contributed by atoms with Crippen molar-refractivity contribution in [2.45, 2.75) is 12.1 Å². The third kappa shape index (κ3) is 3.61. The molecule has 196 valence electrons. The Morgan fingerprint density at radius 1 is 0.821 bits per heavy atom. The van der Waals surface area contributed by atoms with Gasteiger partial charge in [-0.1, -0.05) is 24.3 Å². The topological polar surface area (TPSA) is 119 Å². The van der Waals surface area contributed by atoms with E-state index in [4.69, 9.17) is 15.2 Å². The van der Waals surface area contributed by atoms with Gasteiger partial charge in [0.05, 0.1) is 37.8 Å². The fraction of sp³-hybridized carbons (Fsp3) is 0.200. The molecule has 3 aliphatic heterocycles. The average molecular weight is 524 g/mol. The van der Waals surface area contributed by atoms with Gasteiger partial charge in [-0.3, -0.25) is 19.2 Å². The monoisotopic (exact) mass is 523 g/mol. The summed E-state index contributed by atoms with van der Waals surface area (Å²) in [5.41, 5.74) is 8.10. The summed E-state index contributed by atoms with van der Waals surface area (Å²) in [5, 5.41) is 0. The summed E-state index contributed by atoms with van der Waals surface area (Å²) in [4.78, 5) is 56.6. The lowest BCUT2D eigenvalue weighted by Crippen LogP contribution is -2.44. The quantitative estimate of drug-likeness (QED) is 0.389. The van der Waals surface area contributed by atoms with E-state index in [2.05, 4.69) is 0 Å². The molecule has 9 nitrogen and oxygen atoms in total. The molecule has 4 atom stereocenters. The summed E-state index contributed by atoms with van der Waals surface area (Å²) in [6.07, 6.45) is 3.71. The number of hydrogen-bond donors (Lipinski definition) is 1. The largest absolute Gasteiger partial charge is 0.493 e. The molecule has 2 saturated heterocycles. The number of anilines is 1. The van der Waals surface area contributed by atoms with Crippen molar-refractivity contribution in [2.75, 3.05) is 19.1 Å². The van der Waals surface area contributed by atoms with Crippen LogP contribution in [0.5, 0.6) is 11.5 Å². The van der Waals surface area contributed by atoms with Crippen LogP contribution in [0.15, 0.2) is 72.9 Å². The lowest BCUT2D eigenvalue weighted by molar-refractivity contribution is -0.123. The highest BCUT2D eigenvalue weighted by Crippen LogP contribution is 2.53. The molecule has 0 aliphatic carbocycles. The number of amides is 3. The number of rotatable bonds is 6. The van der Waals surface area contributed by atoms with Gasteiger partial charge in [0.25, 0.3) is 0 Å². The zero-order valence-corrected chi connectivity index (χ0v) is 21.2. The van der Waals surface area contributed by atoms with E-state index >= 15 is 0 Å². The SMILES string of the molecule is COc1ccc(C(=O)[C@@H]2[C@@H]3C(=O)N(c4ccc(C(N)=O)cc4)C(=O)[C@@H]3[C@H]3c4ccccc4C=CN23)cc1OC. The number of hydrogen-bond acceptors (Lipinski definition) is 7. The molecule has 2 N–H and O–H groups in total. The van der Waals surface area contributed by atoms with Crippen LogP contribution in [0.2, 0.25) is 0 Å². The van der Waals surface area contributed by atoms with Crippen LogP contribution >= 0.6 is 0 Å². The maximum absolute atomic E-state index is 14.1. The van der Waals surface area contributed by atoms with Gasteiger partial charge in [-0.25, -0.2) is 4.90 Å². The van der Waals surface area contributed by atoms with Crippen LogP contribution in [0, 0.1) is 11.8 Å². The number of imide groups is 1. The number of carbonyl (C=O) groups excluding carboxylic acids is 4. The zero-order valence-electron chi connectivity index (χ0n) is 21.2. The van der Waals surface area contributed by atoms with Gasteiger partial charge >= 0.3 is 0 Å². The first-order valence-corrected chi connectivity index (χ1v) is 12.4. The number of primary amides is 1. The third-order valence-electron chi connectivity index (χ3n) is 7.81. The average Bonchev–Trinajstić information content (AvgIpc) is 3.44. The molecule has 0 spiro atoms. The van der Waals surface area contributed by atoms with Crippen molar-refractivity contribution in [1.82, 2.24) is 4.90 Å². The molecule has 39 heavy (non-hydrogen) atoms. The molecule has 0 bridgehead atoms. The first kappa shape index (κ1) is 24.4. The van der Waals surface area contributed by atoms with Crippen molar-refractivity contribution in [3.63, 3.8) is 0 Å². The molecule has 0 unspecified atom stereocenters. The highest BCUT2D eigenvalue weighted by molar-refractivity contribution is 6.24. The lowest BCUT2D eigenvalue weighted by atomic mass is 9.83. The van der Waals surface area contributed by atoms with Crippen LogP contribution in [0.1, 0.15) is 37.9 Å². The summed E-state index contributed by atoms with van der Waals surface area (Å²) in [7, 11) is 2.99. The summed E-state index contributed by atoms with van der Waals surface area (Å²) in [6, 6.07) is 17.1. The second-order valence-corrected chi connectivity index (χ2v) is 9.69. The summed E-state index contributed by atoms with van der Waals surface area (Å²) < 4.78 is 10.7. The Kier molecular flexibility index (Phi) is 5.71. The fourth-order valence-electron chi connectivity index (χ4n) is 6.05. The normalized spacial score (nSPS) is 22.8.